The number of nitrogens with one attached hydrogen (secondary N) is 8. The minimum atomic E-state index is -0.420. The van der Waals surface area contributed by atoms with Crippen LogP contribution in [0.4, 0.5) is 72.4 Å². The molecule has 0 radical (unpaired) electrons. The summed E-state index contributed by atoms with van der Waals surface area (Å²) in [6.07, 6.45) is 14.7. The highest BCUT2D eigenvalue weighted by Gasteiger charge is 2.23. The number of hydrogen-bond acceptors (Lipinski definition) is 21. The number of carbonyl (C=O) groups excluding carboxylic acids is 3. The number of piperazine rings is 2. The van der Waals surface area contributed by atoms with Gasteiger partial charge in [0.1, 0.15) is 29.4 Å². The average Bonchev–Trinajstić information content (AvgIpc) is 0.785. The molecule has 8 N–H and O–H groups in total. The van der Waals surface area contributed by atoms with Crippen molar-refractivity contribution in [2.24, 2.45) is 0 Å². The molecule has 26 heteroatoms. The monoisotopic (exact) mass is 1430 g/mol. The van der Waals surface area contributed by atoms with Gasteiger partial charge in [0.15, 0.2) is 0 Å². The van der Waals surface area contributed by atoms with Gasteiger partial charge >= 0.3 is 0 Å². The number of morpholine rings is 1. The van der Waals surface area contributed by atoms with Crippen LogP contribution in [0.3, 0.4) is 0 Å². The number of aromatic nitrogens is 9. The molecule has 107 heavy (non-hydrogen) atoms. The third kappa shape index (κ3) is 17.9. The first kappa shape index (κ1) is 72.5. The molecule has 0 aliphatic carbocycles. The minimum Gasteiger partial charge on any atom is -0.369 e. The van der Waals surface area contributed by atoms with E-state index in [1.54, 1.807) is 91.6 Å². The molecular formula is C81H78F2N20O4. The molecule has 9 heterocycles. The van der Waals surface area contributed by atoms with Crippen LogP contribution in [0.5, 0.6) is 0 Å². The molecule has 3 aliphatic heterocycles. The lowest BCUT2D eigenvalue weighted by atomic mass is 9.95. The van der Waals surface area contributed by atoms with Gasteiger partial charge in [0.25, 0.3) is 0 Å². The van der Waals surface area contributed by atoms with Crippen molar-refractivity contribution in [1.29, 1.82) is 0 Å². The van der Waals surface area contributed by atoms with Crippen LogP contribution in [-0.2, 0) is 25.5 Å². The molecule has 12 aromatic rings. The van der Waals surface area contributed by atoms with Crippen LogP contribution in [0.25, 0.3) is 66.1 Å². The molecule has 1 unspecified atom stereocenters. The Balaban J connectivity index is 0.000000142. The van der Waals surface area contributed by atoms with Crippen molar-refractivity contribution in [2.75, 3.05) is 121 Å². The van der Waals surface area contributed by atoms with Gasteiger partial charge < -0.3 is 62.0 Å². The summed E-state index contributed by atoms with van der Waals surface area (Å²) in [5.41, 5.74) is 11.6. The number of amides is 3. The Morgan fingerprint density at radius 3 is 1.42 bits per heavy atom. The number of carbonyl (C=O) groups is 3. The first-order chi connectivity index (χ1) is 52.3. The fraction of sp³-hybridized carbons (Fsp3) is 0.185. The SMILES string of the molecule is C=CC(=O)Nc1cccc(-c2c(CC)ccc3cnc(Nc4cccnc4C4CNCCO4)nc23)c1.C=CC(=O)Nc1cccc(-c2c(F)ccc3cnc(Nc4ccc(N5CCN(C)CC5)nc4)nc23)c1.C=CC(=O)Nc1cccc(-c2c(F)ccc3cnc(Nc4ccc(N5CCNCC5)nc4)nc23)c1. The quantitative estimate of drug-likeness (QED) is 0.0349. The number of ether oxygens (including phenoxy) is 1. The fourth-order valence-electron chi connectivity index (χ4n) is 12.6. The number of halogens is 2. The molecule has 1 atom stereocenters. The number of anilines is 11. The van der Waals surface area contributed by atoms with Crippen LogP contribution in [0.1, 0.15) is 24.3 Å². The summed E-state index contributed by atoms with van der Waals surface area (Å²) in [5, 5.41) is 27.0. The molecule has 6 aromatic heterocycles. The number of nitrogens with zero attached hydrogens (tertiary/aromatic N) is 12. The van der Waals surface area contributed by atoms with Gasteiger partial charge in [0.2, 0.25) is 35.6 Å². The van der Waals surface area contributed by atoms with Gasteiger partial charge in [-0.05, 0) is 151 Å². The number of fused-ring (bicyclic) bond motifs is 3. The van der Waals surface area contributed by atoms with Crippen molar-refractivity contribution in [1.82, 2.24) is 60.4 Å². The lowest BCUT2D eigenvalue weighted by molar-refractivity contribution is -0.112. The van der Waals surface area contributed by atoms with Crippen molar-refractivity contribution in [2.45, 2.75) is 19.4 Å². The number of rotatable bonds is 19. The Bertz CT molecular complexity index is 5240. The van der Waals surface area contributed by atoms with Crippen molar-refractivity contribution >= 4 is 114 Å². The van der Waals surface area contributed by atoms with Crippen molar-refractivity contribution < 1.29 is 27.9 Å². The van der Waals surface area contributed by atoms with Crippen LogP contribution >= 0.6 is 0 Å². The first-order valence-corrected chi connectivity index (χ1v) is 35.0. The Hall–Kier alpha value is -12.9. The molecule has 540 valence electrons. The number of benzene rings is 6. The lowest BCUT2D eigenvalue weighted by Crippen LogP contribution is -2.44. The zero-order valence-corrected chi connectivity index (χ0v) is 59.0. The average molecular weight is 1430 g/mol. The van der Waals surface area contributed by atoms with Gasteiger partial charge in [-0.15, -0.1) is 0 Å². The molecular weight excluding hydrogens is 1360 g/mol. The van der Waals surface area contributed by atoms with Crippen LogP contribution in [0, 0.1) is 11.6 Å². The second-order valence-electron chi connectivity index (χ2n) is 25.2. The van der Waals surface area contributed by atoms with E-state index in [-0.39, 0.29) is 23.8 Å². The zero-order valence-electron chi connectivity index (χ0n) is 59.0. The summed E-state index contributed by atoms with van der Waals surface area (Å²) >= 11 is 0. The van der Waals surface area contributed by atoms with E-state index < -0.39 is 11.6 Å². The second kappa shape index (κ2) is 34.1. The lowest BCUT2D eigenvalue weighted by Gasteiger charge is -2.33. The molecule has 3 aliphatic rings. The zero-order chi connectivity index (χ0) is 74.2. The number of aryl methyl sites for hydroxylation is 1. The first-order valence-electron chi connectivity index (χ1n) is 35.0. The molecule has 0 spiro atoms. The molecule has 6 aromatic carbocycles. The van der Waals surface area contributed by atoms with E-state index >= 15 is 8.78 Å². The van der Waals surface area contributed by atoms with Crippen molar-refractivity contribution in [3.63, 3.8) is 0 Å². The highest BCUT2D eigenvalue weighted by molar-refractivity contribution is 6.03. The van der Waals surface area contributed by atoms with E-state index in [0.29, 0.717) is 92.1 Å². The number of hydrogen-bond donors (Lipinski definition) is 8. The van der Waals surface area contributed by atoms with E-state index in [1.807, 2.05) is 72.9 Å². The van der Waals surface area contributed by atoms with Gasteiger partial charge in [-0.3, -0.25) is 19.4 Å². The molecule has 0 bridgehead atoms. The topological polar surface area (TPSA) is 282 Å². The van der Waals surface area contributed by atoms with Crippen LogP contribution in [0.15, 0.2) is 221 Å². The number of pyridine rings is 3. The van der Waals surface area contributed by atoms with Crippen LogP contribution in [0.2, 0.25) is 0 Å². The van der Waals surface area contributed by atoms with Crippen molar-refractivity contribution in [3.8, 4) is 33.4 Å². The van der Waals surface area contributed by atoms with E-state index in [0.717, 1.165) is 127 Å². The summed E-state index contributed by atoms with van der Waals surface area (Å²) in [4.78, 5) is 83.3. The van der Waals surface area contributed by atoms with E-state index in [9.17, 15) is 14.4 Å². The summed E-state index contributed by atoms with van der Waals surface area (Å²) in [5.74, 6) is 1.22. The minimum absolute atomic E-state index is 0.140. The van der Waals surface area contributed by atoms with E-state index in [1.165, 1.54) is 30.4 Å². The maximum absolute atomic E-state index is 15.1. The summed E-state index contributed by atoms with van der Waals surface area (Å²) in [6.45, 7) is 22.4. The molecule has 0 saturated carbocycles. The van der Waals surface area contributed by atoms with Gasteiger partial charge in [0.05, 0.1) is 58.3 Å². The van der Waals surface area contributed by atoms with E-state index in [2.05, 4.69) is 137 Å². The maximum Gasteiger partial charge on any atom is 0.247 e. The summed E-state index contributed by atoms with van der Waals surface area (Å²) in [6, 6.07) is 43.5. The molecule has 3 amide bonds. The summed E-state index contributed by atoms with van der Waals surface area (Å²) in [7, 11) is 2.12. The highest BCUT2D eigenvalue weighted by Crippen LogP contribution is 2.37. The predicted molar refractivity (Wildman–Crippen MR) is 420 cm³/mol. The fourth-order valence-corrected chi connectivity index (χ4v) is 12.6. The molecule has 3 fully saturated rings. The largest absolute Gasteiger partial charge is 0.369 e. The van der Waals surface area contributed by atoms with E-state index in [4.69, 9.17) is 9.72 Å². The van der Waals surface area contributed by atoms with Crippen LogP contribution < -0.4 is 52.3 Å². The third-order valence-corrected chi connectivity index (χ3v) is 18.0. The van der Waals surface area contributed by atoms with Gasteiger partial charge in [-0.2, -0.15) is 0 Å². The summed E-state index contributed by atoms with van der Waals surface area (Å²) < 4.78 is 36.0. The predicted octanol–water partition coefficient (Wildman–Crippen LogP) is 13.3. The van der Waals surface area contributed by atoms with Crippen molar-refractivity contribution in [3.05, 3.63) is 244 Å². The standard InChI is InChI=1S/C28H28N6O2.C27H26FN7O.C26H24FN7O/c1-3-18-10-11-20-16-31-28(33-22-9-6-12-30-27(22)23-17-29-13-14-36-23)34-26(20)25(18)19-7-5-8-21(15-19)32-24(35)4-2;1-3-24(36)31-20-6-4-5-18(15-20)25-22(28)9-7-19-16-30-27(33-26(19)25)32-21-8-10-23(29-17-21)35-13-11-34(2)12-14-35;1-2-23(35)31-19-5-3-4-17(14-19)24-21(27)8-6-18-15-30-26(33-25(18)24)32-20-7-9-22(29-16-20)34-12-10-28-11-13-34/h4-12,15-16,23,29H,2-3,13-14,17H2,1H3,(H,32,35)(H,31,33,34);3-10,15-17H,1,11-14H2,2H3,(H,31,36)(H,30,32,33);2-9,14-16,28H,1,10-13H2,(H,31,35)(H,30,32,33). The molecule has 15 rings (SSSR count). The Kier molecular flexibility index (Phi) is 23.1. The third-order valence-electron chi connectivity index (χ3n) is 18.0. The Morgan fingerprint density at radius 1 is 0.495 bits per heavy atom. The molecule has 3 saturated heterocycles. The molecule has 24 nitrogen and oxygen atoms in total. The maximum atomic E-state index is 15.1. The van der Waals surface area contributed by atoms with Gasteiger partial charge in [0, 0.05) is 140 Å². The Labute approximate surface area is 616 Å². The highest BCUT2D eigenvalue weighted by atomic mass is 19.1. The van der Waals surface area contributed by atoms with Gasteiger partial charge in [-0.25, -0.2) is 48.7 Å². The second-order valence-corrected chi connectivity index (χ2v) is 25.2. The van der Waals surface area contributed by atoms with Gasteiger partial charge in [-0.1, -0.05) is 75.2 Å². The number of likely N-dealkylation sites (N-methyl/N-ethyl adjacent to an activating group) is 1. The Morgan fingerprint density at radius 2 is 0.963 bits per heavy atom. The van der Waals surface area contributed by atoms with Crippen LogP contribution in [-0.4, -0.2) is 147 Å². The normalized spacial score (nSPS) is 14.3. The smallest absolute Gasteiger partial charge is 0.247 e.